The van der Waals surface area contributed by atoms with Crippen LogP contribution in [0.3, 0.4) is 0 Å². The Morgan fingerprint density at radius 2 is 2.04 bits per heavy atom. The molecule has 4 nitrogen and oxygen atoms in total. The molecule has 1 aromatic carbocycles. The van der Waals surface area contributed by atoms with Gasteiger partial charge < -0.3 is 5.32 Å². The van der Waals surface area contributed by atoms with Gasteiger partial charge in [-0.3, -0.25) is 14.8 Å². The molecule has 0 spiro atoms. The average molecular weight is 305 g/mol. The zero-order chi connectivity index (χ0) is 16.2. The third-order valence-corrected chi connectivity index (χ3v) is 3.87. The summed E-state index contributed by atoms with van der Waals surface area (Å²) in [5, 5.41) is 4.02. The summed E-state index contributed by atoms with van der Waals surface area (Å²) in [5.41, 5.74) is 3.51. The molecule has 1 amide bonds. The predicted molar refractivity (Wildman–Crippen MR) is 91.2 cm³/mol. The summed E-state index contributed by atoms with van der Waals surface area (Å²) in [5.74, 6) is -0.0926. The highest BCUT2D eigenvalue weighted by molar-refractivity contribution is 5.98. The van der Waals surface area contributed by atoms with Crippen molar-refractivity contribution in [2.24, 2.45) is 0 Å². The maximum atomic E-state index is 12.5. The van der Waals surface area contributed by atoms with Gasteiger partial charge in [-0.15, -0.1) is 0 Å². The van der Waals surface area contributed by atoms with Crippen molar-refractivity contribution in [3.05, 3.63) is 71.7 Å². The summed E-state index contributed by atoms with van der Waals surface area (Å²) < 4.78 is 0. The van der Waals surface area contributed by atoms with Crippen LogP contribution in [0.5, 0.6) is 0 Å². The number of amides is 1. The van der Waals surface area contributed by atoms with Crippen LogP contribution in [0.4, 0.5) is 0 Å². The van der Waals surface area contributed by atoms with Gasteiger partial charge in [-0.1, -0.05) is 19.1 Å². The number of pyridine rings is 2. The van der Waals surface area contributed by atoms with E-state index in [9.17, 15) is 4.79 Å². The van der Waals surface area contributed by atoms with Crippen LogP contribution in [0.25, 0.3) is 10.9 Å². The summed E-state index contributed by atoms with van der Waals surface area (Å²) >= 11 is 0. The van der Waals surface area contributed by atoms with Crippen LogP contribution in [0, 0.1) is 6.92 Å². The van der Waals surface area contributed by atoms with Crippen molar-refractivity contribution < 1.29 is 4.79 Å². The first-order chi connectivity index (χ1) is 11.2. The van der Waals surface area contributed by atoms with Gasteiger partial charge in [0.2, 0.25) is 0 Å². The van der Waals surface area contributed by atoms with Gasteiger partial charge in [-0.25, -0.2) is 0 Å². The molecular weight excluding hydrogens is 286 g/mol. The second-order valence-corrected chi connectivity index (χ2v) is 5.61. The molecule has 1 N–H and O–H groups in total. The Kier molecular flexibility index (Phi) is 4.33. The molecule has 2 aromatic heterocycles. The molecule has 0 aliphatic heterocycles. The molecule has 3 rings (SSSR count). The molecule has 2 heterocycles. The monoisotopic (exact) mass is 305 g/mol. The number of benzene rings is 1. The van der Waals surface area contributed by atoms with E-state index in [1.165, 1.54) is 0 Å². The zero-order valence-corrected chi connectivity index (χ0v) is 13.3. The zero-order valence-electron chi connectivity index (χ0n) is 13.3. The second-order valence-electron chi connectivity index (χ2n) is 5.61. The Bertz CT molecular complexity index is 827. The highest BCUT2D eigenvalue weighted by atomic mass is 16.1. The quantitative estimate of drug-likeness (QED) is 0.797. The molecule has 0 aliphatic rings. The topological polar surface area (TPSA) is 54.9 Å². The maximum absolute atomic E-state index is 12.5. The van der Waals surface area contributed by atoms with Crippen molar-refractivity contribution in [2.45, 2.75) is 26.3 Å². The van der Waals surface area contributed by atoms with Gasteiger partial charge in [-0.05, 0) is 49.2 Å². The lowest BCUT2D eigenvalue weighted by Crippen LogP contribution is -2.28. The number of nitrogens with one attached hydrogen (secondary N) is 1. The Labute approximate surface area is 135 Å². The third kappa shape index (κ3) is 3.37. The fourth-order valence-corrected chi connectivity index (χ4v) is 2.53. The fraction of sp³-hybridized carbons (Fsp3) is 0.211. The van der Waals surface area contributed by atoms with Crippen LogP contribution in [0.2, 0.25) is 0 Å². The minimum atomic E-state index is -0.0926. The number of carbonyl (C=O) groups is 1. The highest BCUT2D eigenvalue weighted by Crippen LogP contribution is 2.17. The molecule has 116 valence electrons. The van der Waals surface area contributed by atoms with Gasteiger partial charge >= 0.3 is 0 Å². The molecule has 0 aliphatic carbocycles. The van der Waals surface area contributed by atoms with Crippen LogP contribution in [0.1, 0.15) is 41.0 Å². The highest BCUT2D eigenvalue weighted by Gasteiger charge is 2.15. The van der Waals surface area contributed by atoms with E-state index in [1.807, 2.05) is 56.4 Å². The van der Waals surface area contributed by atoms with Crippen molar-refractivity contribution in [1.29, 1.82) is 0 Å². The Hall–Kier alpha value is -2.75. The third-order valence-electron chi connectivity index (χ3n) is 3.87. The Morgan fingerprint density at radius 1 is 1.17 bits per heavy atom. The summed E-state index contributed by atoms with van der Waals surface area (Å²) in [7, 11) is 0. The lowest BCUT2D eigenvalue weighted by molar-refractivity contribution is 0.0935. The van der Waals surface area contributed by atoms with Gasteiger partial charge in [0.05, 0.1) is 17.3 Å². The van der Waals surface area contributed by atoms with E-state index < -0.39 is 0 Å². The predicted octanol–water partition coefficient (Wildman–Crippen LogP) is 3.82. The molecule has 0 radical (unpaired) electrons. The fourth-order valence-electron chi connectivity index (χ4n) is 2.53. The summed E-state index contributed by atoms with van der Waals surface area (Å²) in [6, 6.07) is 13.3. The van der Waals surface area contributed by atoms with E-state index in [-0.39, 0.29) is 11.9 Å². The number of rotatable bonds is 4. The molecule has 0 bridgehead atoms. The lowest BCUT2D eigenvalue weighted by Gasteiger charge is -2.17. The molecule has 0 saturated heterocycles. The molecular formula is C19H19N3O. The Morgan fingerprint density at radius 3 is 2.78 bits per heavy atom. The SMILES string of the molecule is CCC(NC(=O)c1ccc2ncccc2c1)c1ccc(C)cn1. The van der Waals surface area contributed by atoms with Gasteiger partial charge in [0.1, 0.15) is 0 Å². The summed E-state index contributed by atoms with van der Waals surface area (Å²) in [4.78, 5) is 21.2. The van der Waals surface area contributed by atoms with E-state index in [0.29, 0.717) is 5.56 Å². The summed E-state index contributed by atoms with van der Waals surface area (Å²) in [6.45, 7) is 4.04. The maximum Gasteiger partial charge on any atom is 0.251 e. The van der Waals surface area contributed by atoms with Crippen LogP contribution < -0.4 is 5.32 Å². The largest absolute Gasteiger partial charge is 0.344 e. The first-order valence-corrected chi connectivity index (χ1v) is 7.75. The molecule has 0 fully saturated rings. The number of carbonyl (C=O) groups excluding carboxylic acids is 1. The van der Waals surface area contributed by atoms with Crippen LogP contribution in [-0.4, -0.2) is 15.9 Å². The van der Waals surface area contributed by atoms with Crippen molar-refractivity contribution >= 4 is 16.8 Å². The number of aromatic nitrogens is 2. The number of nitrogens with zero attached hydrogens (tertiary/aromatic N) is 2. The van der Waals surface area contributed by atoms with Crippen molar-refractivity contribution in [3.63, 3.8) is 0 Å². The lowest BCUT2D eigenvalue weighted by atomic mass is 10.1. The molecule has 0 saturated carbocycles. The molecule has 1 unspecified atom stereocenters. The minimum absolute atomic E-state index is 0.0901. The molecule has 1 atom stereocenters. The van der Waals surface area contributed by atoms with Crippen LogP contribution in [0.15, 0.2) is 54.9 Å². The first-order valence-electron chi connectivity index (χ1n) is 7.75. The number of hydrogen-bond acceptors (Lipinski definition) is 3. The van der Waals surface area contributed by atoms with E-state index in [1.54, 1.807) is 12.3 Å². The molecule has 3 aromatic rings. The van der Waals surface area contributed by atoms with Crippen molar-refractivity contribution in [2.75, 3.05) is 0 Å². The van der Waals surface area contributed by atoms with Gasteiger partial charge in [0, 0.05) is 23.3 Å². The second kappa shape index (κ2) is 6.57. The van der Waals surface area contributed by atoms with Crippen molar-refractivity contribution in [1.82, 2.24) is 15.3 Å². The van der Waals surface area contributed by atoms with Gasteiger partial charge in [0.25, 0.3) is 5.91 Å². The normalized spacial score (nSPS) is 12.1. The van der Waals surface area contributed by atoms with Crippen molar-refractivity contribution in [3.8, 4) is 0 Å². The van der Waals surface area contributed by atoms with Crippen LogP contribution in [-0.2, 0) is 0 Å². The van der Waals surface area contributed by atoms with Crippen LogP contribution >= 0.6 is 0 Å². The van der Waals surface area contributed by atoms with E-state index >= 15 is 0 Å². The standard InChI is InChI=1S/C19H19N3O/c1-3-16(18-8-6-13(2)12-21-18)22-19(23)15-7-9-17-14(11-15)5-4-10-20-17/h4-12,16H,3H2,1-2H3,(H,22,23). The number of fused-ring (bicyclic) bond motifs is 1. The van der Waals surface area contributed by atoms with Gasteiger partial charge in [-0.2, -0.15) is 0 Å². The molecule has 4 heteroatoms. The van der Waals surface area contributed by atoms with E-state index in [4.69, 9.17) is 0 Å². The van der Waals surface area contributed by atoms with Gasteiger partial charge in [0.15, 0.2) is 0 Å². The minimum Gasteiger partial charge on any atom is -0.344 e. The van der Waals surface area contributed by atoms with E-state index in [0.717, 1.165) is 28.6 Å². The average Bonchev–Trinajstić information content (AvgIpc) is 2.60. The number of hydrogen-bond donors (Lipinski definition) is 1. The Balaban J connectivity index is 1.82. The van der Waals surface area contributed by atoms with E-state index in [2.05, 4.69) is 15.3 Å². The number of aryl methyl sites for hydroxylation is 1. The summed E-state index contributed by atoms with van der Waals surface area (Å²) in [6.07, 6.45) is 4.36. The molecule has 23 heavy (non-hydrogen) atoms. The first kappa shape index (κ1) is 15.2. The smallest absolute Gasteiger partial charge is 0.251 e.